The van der Waals surface area contributed by atoms with E-state index in [2.05, 4.69) is 5.32 Å². The Morgan fingerprint density at radius 2 is 1.55 bits per heavy atom. The molecule has 0 aliphatic carbocycles. The number of cyclic esters (lactones) is 1. The van der Waals surface area contributed by atoms with Gasteiger partial charge in [-0.25, -0.2) is 4.79 Å². The number of esters is 2. The minimum atomic E-state index is -2.03. The van der Waals surface area contributed by atoms with Crippen LogP contribution in [0.4, 0.5) is 0 Å². The highest BCUT2D eigenvalue weighted by Gasteiger charge is 2.55. The van der Waals surface area contributed by atoms with Gasteiger partial charge in [0.15, 0.2) is 18.7 Å². The molecule has 20 nitrogen and oxygen atoms in total. The van der Waals surface area contributed by atoms with Crippen LogP contribution in [0.5, 0.6) is 0 Å². The molecule has 1 aromatic heterocycles. The Bertz CT molecular complexity index is 2360. The van der Waals surface area contributed by atoms with E-state index in [0.29, 0.717) is 49.8 Å². The monoisotopic (exact) mass is 1080 g/mol. The van der Waals surface area contributed by atoms with E-state index in [-0.39, 0.29) is 49.2 Å². The van der Waals surface area contributed by atoms with Crippen molar-refractivity contribution < 1.29 is 77.5 Å². The lowest BCUT2D eigenvalue weighted by Gasteiger charge is -2.50. The molecule has 0 unspecified atom stereocenters. The average Bonchev–Trinajstić information content (AvgIpc) is 3.37. The predicted molar refractivity (Wildman–Crippen MR) is 282 cm³/mol. The molecule has 76 heavy (non-hydrogen) atoms. The molecule has 0 radical (unpaired) electrons. The molecule has 3 aliphatic heterocycles. The molecule has 0 spiro atoms. The van der Waals surface area contributed by atoms with Gasteiger partial charge in [-0.2, -0.15) is 0 Å². The van der Waals surface area contributed by atoms with Crippen molar-refractivity contribution in [3.63, 3.8) is 0 Å². The smallest absolute Gasteiger partial charge is 0.341 e. The Morgan fingerprint density at radius 1 is 0.895 bits per heavy atom. The Hall–Kier alpha value is -3.93. The quantitative estimate of drug-likeness (QED) is 0.101. The van der Waals surface area contributed by atoms with Crippen LogP contribution >= 0.6 is 0 Å². The summed E-state index contributed by atoms with van der Waals surface area (Å²) < 4.78 is 53.0. The number of aliphatic hydroxyl groups excluding tert-OH is 2. The van der Waals surface area contributed by atoms with E-state index >= 15 is 0 Å². The number of ether oxygens (including phenoxy) is 8. The number of ketones is 1. The van der Waals surface area contributed by atoms with E-state index < -0.39 is 119 Å². The summed E-state index contributed by atoms with van der Waals surface area (Å²) in [6, 6.07) is 5.17. The fourth-order valence-corrected chi connectivity index (χ4v) is 11.7. The summed E-state index contributed by atoms with van der Waals surface area (Å²) in [4.78, 5) is 68.9. The number of pyridine rings is 1. The first kappa shape index (κ1) is 62.9. The predicted octanol–water partition coefficient (Wildman–Crippen LogP) is 4.64. The zero-order valence-corrected chi connectivity index (χ0v) is 47.5. The highest BCUT2D eigenvalue weighted by atomic mass is 16.7. The number of aryl methyl sites for hydroxylation is 2. The number of hydrogen-bond acceptors (Lipinski definition) is 18. The minimum Gasteiger partial charge on any atom is -0.477 e. The van der Waals surface area contributed by atoms with Crippen molar-refractivity contribution in [1.29, 1.82) is 0 Å². The van der Waals surface area contributed by atoms with Crippen LogP contribution in [0.3, 0.4) is 0 Å². The van der Waals surface area contributed by atoms with Gasteiger partial charge in [0.05, 0.1) is 54.0 Å². The van der Waals surface area contributed by atoms with Crippen LogP contribution in [0.15, 0.2) is 29.2 Å². The number of fused-ring (bicyclic) bond motifs is 1. The molecule has 1 aromatic carbocycles. The number of carbonyl (C=O) groups is 4. The van der Waals surface area contributed by atoms with E-state index in [1.165, 1.54) is 34.3 Å². The summed E-state index contributed by atoms with van der Waals surface area (Å²) in [5.74, 6) is -6.60. The van der Waals surface area contributed by atoms with Gasteiger partial charge in [-0.05, 0) is 119 Å². The van der Waals surface area contributed by atoms with E-state index in [0.717, 1.165) is 5.56 Å². The minimum absolute atomic E-state index is 0.0333. The maximum atomic E-state index is 14.6. The van der Waals surface area contributed by atoms with Crippen LogP contribution in [-0.2, 0) is 65.2 Å². The van der Waals surface area contributed by atoms with Crippen molar-refractivity contribution in [1.82, 2.24) is 14.8 Å². The molecule has 4 heterocycles. The topological polar surface area (TPSA) is 260 Å². The number of Topliss-reactive ketones (excluding diaryl/α,β-unsaturated/α-hetero) is 1. The normalized spacial score (nSPS) is 37.2. The summed E-state index contributed by atoms with van der Waals surface area (Å²) in [5.41, 5.74) is -3.76. The number of carboxylic acid groups (broad SMARTS) is 1. The Labute approximate surface area is 448 Å². The zero-order valence-electron chi connectivity index (χ0n) is 47.5. The van der Waals surface area contributed by atoms with E-state index in [1.807, 2.05) is 51.9 Å². The number of benzene rings is 1. The number of carboxylic acids is 1. The van der Waals surface area contributed by atoms with Crippen LogP contribution in [0.25, 0.3) is 10.9 Å². The highest BCUT2D eigenvalue weighted by molar-refractivity contribution is 5.92. The van der Waals surface area contributed by atoms with Crippen LogP contribution in [0.2, 0.25) is 0 Å². The average molecular weight is 1080 g/mol. The number of methoxy groups -OCH3 is 2. The number of carbonyl (C=O) groups excluding carboxylic acids is 3. The van der Waals surface area contributed by atoms with E-state index in [9.17, 15) is 44.4 Å². The summed E-state index contributed by atoms with van der Waals surface area (Å²) in [7, 11) is 6.72. The number of nitrogens with zero attached hydrogens (tertiary/aromatic N) is 2. The molecule has 5 rings (SSSR count). The van der Waals surface area contributed by atoms with Gasteiger partial charge in [0.25, 0.3) is 0 Å². The standard InChI is InChI=1S/C56H89N3O17/c1-16-41-56(11,68)48(64)32(5)44(61)30(3)27-54(9,69-14)49(76-53-46(63)40(58(12)13)25-31(4)71-53)33(6)47(34(7)52(67)73-41)75-43-28-55(10,70-15)50(35(8)72-43)74-42(60)22-24-57-23-18-19-36-20-21-39-37(26-36)45(62)38(51(65)66)29-59(39)17-2/h20-21,26,29-35,40-41,43,46-50,53,57,63-64,68H,16-19,22-25,27-28H2,1-15H3,(H,65,66)/t30-,31+,32-,33+,34+,35-,40-,41-,43+,46-,47+,48+,49-,50+,53-,54+,55-,56+/m0/s1. The second-order valence-corrected chi connectivity index (χ2v) is 22.5. The zero-order chi connectivity index (χ0) is 56.8. The lowest BCUT2D eigenvalue weighted by atomic mass is 9.74. The van der Waals surface area contributed by atoms with Gasteiger partial charge in [0.2, 0.25) is 5.43 Å². The second kappa shape index (κ2) is 26.4. The molecule has 5 N–H and O–H groups in total. The molecule has 0 saturated carbocycles. The van der Waals surface area contributed by atoms with E-state index in [1.54, 1.807) is 52.2 Å². The SMILES string of the molecule is CC[C@@H]1OC(=O)[C@H](C)[C@H](O[C@@H]2C[C@](C)(OC)[C@H](OC(=O)CCNCCCc3ccc4c(c3)c(=O)c(C(=O)O)cn4CC)[C@H](C)O2)[C@@H](C)[C@H](O[C@@H]2O[C@H](C)C[C@H](N(C)C)[C@@H]2O)[C@](C)(OC)C[C@H](C)C(=O)[C@H](C)[C@@H](O)[C@]1(C)O. The fourth-order valence-electron chi connectivity index (χ4n) is 11.7. The molecule has 430 valence electrons. The number of hydrogen-bond donors (Lipinski definition) is 5. The van der Waals surface area contributed by atoms with Crippen LogP contribution in [-0.4, -0.2) is 179 Å². The summed E-state index contributed by atoms with van der Waals surface area (Å²) >= 11 is 0. The van der Waals surface area contributed by atoms with Crippen LogP contribution < -0.4 is 10.7 Å². The van der Waals surface area contributed by atoms with Gasteiger partial charge >= 0.3 is 17.9 Å². The third kappa shape index (κ3) is 14.1. The van der Waals surface area contributed by atoms with Crippen molar-refractivity contribution in [2.75, 3.05) is 41.4 Å². The van der Waals surface area contributed by atoms with Crippen molar-refractivity contribution in [2.24, 2.45) is 23.7 Å². The molecule has 20 heteroatoms. The fraction of sp³-hybridized carbons (Fsp3) is 0.768. The Balaban J connectivity index is 1.35. The third-order valence-corrected chi connectivity index (χ3v) is 16.5. The summed E-state index contributed by atoms with van der Waals surface area (Å²) in [6.45, 7) is 20.2. The highest BCUT2D eigenvalue weighted by Crippen LogP contribution is 2.42. The molecule has 3 aliphatic rings. The van der Waals surface area contributed by atoms with E-state index in [4.69, 9.17) is 37.9 Å². The number of aromatic carboxylic acids is 1. The third-order valence-electron chi connectivity index (χ3n) is 16.5. The van der Waals surface area contributed by atoms with Gasteiger partial charge in [-0.1, -0.05) is 33.8 Å². The number of aromatic nitrogens is 1. The lowest BCUT2D eigenvalue weighted by Crippen LogP contribution is -2.61. The maximum absolute atomic E-state index is 14.6. The number of nitrogens with one attached hydrogen (secondary N) is 1. The van der Waals surface area contributed by atoms with Gasteiger partial charge in [-0.15, -0.1) is 0 Å². The lowest BCUT2D eigenvalue weighted by molar-refractivity contribution is -0.320. The van der Waals surface area contributed by atoms with Gasteiger partial charge in [0, 0.05) is 69.1 Å². The summed E-state index contributed by atoms with van der Waals surface area (Å²) in [6.07, 6.45) is -6.89. The summed E-state index contributed by atoms with van der Waals surface area (Å²) in [5, 5.41) is 48.5. The largest absolute Gasteiger partial charge is 0.477 e. The maximum Gasteiger partial charge on any atom is 0.341 e. The van der Waals surface area contributed by atoms with Gasteiger partial charge < -0.3 is 73.1 Å². The molecule has 2 aromatic rings. The van der Waals surface area contributed by atoms with Crippen LogP contribution in [0.1, 0.15) is 131 Å². The molecule has 18 atom stereocenters. The second-order valence-electron chi connectivity index (χ2n) is 22.5. The first-order valence-corrected chi connectivity index (χ1v) is 27.1. The number of aliphatic hydroxyl groups is 3. The van der Waals surface area contributed by atoms with Crippen molar-refractivity contribution >= 4 is 34.6 Å². The Morgan fingerprint density at radius 3 is 2.16 bits per heavy atom. The molecular formula is C56H89N3O17. The first-order valence-electron chi connectivity index (χ1n) is 27.1. The van der Waals surface area contributed by atoms with Crippen molar-refractivity contribution in [2.45, 2.75) is 212 Å². The van der Waals surface area contributed by atoms with Gasteiger partial charge in [-0.3, -0.25) is 19.2 Å². The molecule has 3 saturated heterocycles. The van der Waals surface area contributed by atoms with Crippen LogP contribution in [0, 0.1) is 23.7 Å². The molecule has 0 bridgehead atoms. The first-order chi connectivity index (χ1) is 35.6. The number of likely N-dealkylation sites (N-methyl/N-ethyl adjacent to an activating group) is 1. The molecule has 3 fully saturated rings. The molecular weight excluding hydrogens is 987 g/mol. The Kier molecular flexibility index (Phi) is 21.8. The molecule has 0 amide bonds. The van der Waals surface area contributed by atoms with Crippen molar-refractivity contribution in [3.8, 4) is 0 Å². The number of rotatable bonds is 18. The van der Waals surface area contributed by atoms with Gasteiger partial charge in [0.1, 0.15) is 34.8 Å². The van der Waals surface area contributed by atoms with Crippen molar-refractivity contribution in [3.05, 3.63) is 45.7 Å².